The molecule has 1 aromatic carbocycles. The molecule has 1 fully saturated rings. The molecule has 0 spiro atoms. The van der Waals surface area contributed by atoms with Crippen molar-refractivity contribution in [1.29, 1.82) is 0 Å². The van der Waals surface area contributed by atoms with Gasteiger partial charge in [0.2, 0.25) is 5.91 Å². The molecular weight excluding hydrogens is 252 g/mol. The number of benzene rings is 1. The van der Waals surface area contributed by atoms with Crippen LogP contribution in [-0.2, 0) is 4.79 Å². The lowest BCUT2D eigenvalue weighted by molar-refractivity contribution is -0.114. The van der Waals surface area contributed by atoms with Crippen LogP contribution < -0.4 is 10.6 Å². The first-order valence-electron chi connectivity index (χ1n) is 7.23. The molecule has 1 saturated carbocycles. The molecule has 0 atom stereocenters. The number of hydrogen-bond acceptors (Lipinski definition) is 2. The minimum Gasteiger partial charge on any atom is -0.349 e. The summed E-state index contributed by atoms with van der Waals surface area (Å²) in [5.74, 6) is 0.637. The smallest absolute Gasteiger partial charge is 0.251 e. The minimum absolute atomic E-state index is 0.0288. The van der Waals surface area contributed by atoms with Crippen LogP contribution in [0.3, 0.4) is 0 Å². The van der Waals surface area contributed by atoms with Gasteiger partial charge in [-0.3, -0.25) is 9.59 Å². The zero-order chi connectivity index (χ0) is 14.5. The third kappa shape index (κ3) is 4.08. The first kappa shape index (κ1) is 14.6. The Balaban J connectivity index is 1.90. The average Bonchev–Trinajstić information content (AvgIpc) is 2.41. The number of anilines is 1. The number of carbonyl (C=O) groups excluding carboxylic acids is 2. The molecule has 4 nitrogen and oxygen atoms in total. The van der Waals surface area contributed by atoms with Crippen molar-refractivity contribution < 1.29 is 9.59 Å². The third-order valence-corrected chi connectivity index (χ3v) is 3.82. The predicted molar refractivity (Wildman–Crippen MR) is 79.6 cm³/mol. The van der Waals surface area contributed by atoms with E-state index in [2.05, 4.69) is 17.6 Å². The summed E-state index contributed by atoms with van der Waals surface area (Å²) in [4.78, 5) is 23.1. The van der Waals surface area contributed by atoms with E-state index in [1.54, 1.807) is 24.3 Å². The molecule has 0 heterocycles. The van der Waals surface area contributed by atoms with E-state index in [1.165, 1.54) is 19.8 Å². The highest BCUT2D eigenvalue weighted by Crippen LogP contribution is 2.23. The number of nitrogens with one attached hydrogen (secondary N) is 2. The Labute approximate surface area is 119 Å². The Morgan fingerprint density at radius 1 is 1.05 bits per heavy atom. The highest BCUT2D eigenvalue weighted by Gasteiger charge is 2.20. The lowest BCUT2D eigenvalue weighted by Crippen LogP contribution is -2.37. The zero-order valence-electron chi connectivity index (χ0n) is 12.1. The largest absolute Gasteiger partial charge is 0.349 e. The topological polar surface area (TPSA) is 58.2 Å². The Morgan fingerprint density at radius 2 is 1.65 bits per heavy atom. The molecule has 0 saturated heterocycles. The summed E-state index contributed by atoms with van der Waals surface area (Å²) in [5.41, 5.74) is 1.35. The minimum atomic E-state index is -0.112. The second-order valence-electron chi connectivity index (χ2n) is 5.69. The van der Waals surface area contributed by atoms with Gasteiger partial charge in [-0.1, -0.05) is 6.92 Å². The molecule has 20 heavy (non-hydrogen) atoms. The zero-order valence-corrected chi connectivity index (χ0v) is 12.1. The van der Waals surface area contributed by atoms with Gasteiger partial charge in [0.1, 0.15) is 0 Å². The Kier molecular flexibility index (Phi) is 4.77. The molecular formula is C16H22N2O2. The maximum absolute atomic E-state index is 12.1. The molecule has 0 bridgehead atoms. The maximum atomic E-state index is 12.1. The highest BCUT2D eigenvalue weighted by atomic mass is 16.2. The van der Waals surface area contributed by atoms with Crippen LogP contribution in [0.4, 0.5) is 5.69 Å². The van der Waals surface area contributed by atoms with E-state index in [1.807, 2.05) is 0 Å². The highest BCUT2D eigenvalue weighted by molar-refractivity contribution is 5.95. The summed E-state index contributed by atoms with van der Waals surface area (Å²) in [6.45, 7) is 3.73. The quantitative estimate of drug-likeness (QED) is 0.890. The fourth-order valence-electron chi connectivity index (χ4n) is 2.58. The molecule has 2 amide bonds. The number of amides is 2. The van der Waals surface area contributed by atoms with Gasteiger partial charge in [0.05, 0.1) is 0 Å². The van der Waals surface area contributed by atoms with Crippen LogP contribution >= 0.6 is 0 Å². The molecule has 4 heteroatoms. The van der Waals surface area contributed by atoms with Crippen LogP contribution in [0.25, 0.3) is 0 Å². The Bertz CT molecular complexity index is 474. The first-order valence-corrected chi connectivity index (χ1v) is 7.23. The van der Waals surface area contributed by atoms with Crippen LogP contribution in [0.15, 0.2) is 24.3 Å². The van der Waals surface area contributed by atoms with Gasteiger partial charge in [0, 0.05) is 24.2 Å². The monoisotopic (exact) mass is 274 g/mol. The van der Waals surface area contributed by atoms with Crippen LogP contribution in [0.5, 0.6) is 0 Å². The second-order valence-corrected chi connectivity index (χ2v) is 5.69. The van der Waals surface area contributed by atoms with Crippen LogP contribution in [-0.4, -0.2) is 17.9 Å². The number of carbonyl (C=O) groups is 2. The molecule has 0 aliphatic heterocycles. The fraction of sp³-hybridized carbons (Fsp3) is 0.500. The van der Waals surface area contributed by atoms with Gasteiger partial charge in [-0.25, -0.2) is 0 Å². The fourth-order valence-corrected chi connectivity index (χ4v) is 2.58. The second kappa shape index (κ2) is 6.55. The summed E-state index contributed by atoms with van der Waals surface area (Å²) in [7, 11) is 0. The Morgan fingerprint density at radius 3 is 2.20 bits per heavy atom. The van der Waals surface area contributed by atoms with E-state index >= 15 is 0 Å². The molecule has 2 N–H and O–H groups in total. The summed E-state index contributed by atoms with van der Waals surface area (Å²) >= 11 is 0. The lowest BCUT2D eigenvalue weighted by Gasteiger charge is -2.26. The van der Waals surface area contributed by atoms with Gasteiger partial charge in [-0.15, -0.1) is 0 Å². The van der Waals surface area contributed by atoms with Crippen molar-refractivity contribution in [1.82, 2.24) is 5.32 Å². The van der Waals surface area contributed by atoms with Gasteiger partial charge in [-0.05, 0) is 55.9 Å². The molecule has 108 valence electrons. The molecule has 0 aromatic heterocycles. The van der Waals surface area contributed by atoms with E-state index in [0.717, 1.165) is 18.8 Å². The van der Waals surface area contributed by atoms with E-state index in [9.17, 15) is 9.59 Å². The summed E-state index contributed by atoms with van der Waals surface area (Å²) in [5, 5.41) is 5.78. The molecule has 0 unspecified atom stereocenters. The predicted octanol–water partition coefficient (Wildman–Crippen LogP) is 2.95. The standard InChI is InChI=1S/C16H22N2O2/c1-11-3-7-15(8-4-11)18-16(20)13-5-9-14(10-6-13)17-12(2)19/h5-6,9-11,15H,3-4,7-8H2,1-2H3,(H,17,19)(H,18,20). The van der Waals surface area contributed by atoms with Crippen molar-refractivity contribution in [3.05, 3.63) is 29.8 Å². The lowest BCUT2D eigenvalue weighted by atomic mass is 9.87. The van der Waals surface area contributed by atoms with Crippen molar-refractivity contribution in [3.8, 4) is 0 Å². The summed E-state index contributed by atoms with van der Waals surface area (Å²) in [6.07, 6.45) is 4.51. The van der Waals surface area contributed by atoms with E-state index in [-0.39, 0.29) is 11.8 Å². The van der Waals surface area contributed by atoms with Crippen LogP contribution in [0.2, 0.25) is 0 Å². The van der Waals surface area contributed by atoms with Gasteiger partial charge >= 0.3 is 0 Å². The normalized spacial score (nSPS) is 22.1. The van der Waals surface area contributed by atoms with Crippen LogP contribution in [0, 0.1) is 5.92 Å². The molecule has 1 aliphatic carbocycles. The van der Waals surface area contributed by atoms with Crippen LogP contribution in [0.1, 0.15) is 49.9 Å². The van der Waals surface area contributed by atoms with Crippen molar-refractivity contribution in [3.63, 3.8) is 0 Å². The van der Waals surface area contributed by atoms with Gasteiger partial charge in [0.15, 0.2) is 0 Å². The van der Waals surface area contributed by atoms with Gasteiger partial charge < -0.3 is 10.6 Å². The van der Waals surface area contributed by atoms with Crippen molar-refractivity contribution in [2.24, 2.45) is 5.92 Å². The Hall–Kier alpha value is -1.84. The summed E-state index contributed by atoms with van der Waals surface area (Å²) in [6, 6.07) is 7.28. The van der Waals surface area contributed by atoms with E-state index in [0.29, 0.717) is 17.3 Å². The molecule has 0 radical (unpaired) electrons. The average molecular weight is 274 g/mol. The molecule has 2 rings (SSSR count). The van der Waals surface area contributed by atoms with Crippen molar-refractivity contribution in [2.45, 2.75) is 45.6 Å². The van der Waals surface area contributed by atoms with E-state index < -0.39 is 0 Å². The van der Waals surface area contributed by atoms with Crippen molar-refractivity contribution >= 4 is 17.5 Å². The first-order chi connectivity index (χ1) is 9.54. The molecule has 1 aromatic rings. The molecule has 1 aliphatic rings. The van der Waals surface area contributed by atoms with Gasteiger partial charge in [0.25, 0.3) is 5.91 Å². The number of rotatable bonds is 3. The van der Waals surface area contributed by atoms with Gasteiger partial charge in [-0.2, -0.15) is 0 Å². The third-order valence-electron chi connectivity index (χ3n) is 3.82. The van der Waals surface area contributed by atoms with Crippen molar-refractivity contribution in [2.75, 3.05) is 5.32 Å². The van der Waals surface area contributed by atoms with E-state index in [4.69, 9.17) is 0 Å². The summed E-state index contributed by atoms with van der Waals surface area (Å²) < 4.78 is 0. The number of hydrogen-bond donors (Lipinski definition) is 2. The SMILES string of the molecule is CC(=O)Nc1ccc(C(=O)NC2CCC(C)CC2)cc1. The maximum Gasteiger partial charge on any atom is 0.251 e.